The van der Waals surface area contributed by atoms with E-state index in [0.29, 0.717) is 11.0 Å². The number of hydrogen-bond donors (Lipinski definition) is 0. The molecule has 0 radical (unpaired) electrons. The van der Waals surface area contributed by atoms with Crippen LogP contribution in [0.4, 0.5) is 5.69 Å². The van der Waals surface area contributed by atoms with E-state index < -0.39 is 0 Å². The lowest BCUT2D eigenvalue weighted by atomic mass is 10.2. The van der Waals surface area contributed by atoms with E-state index in [2.05, 4.69) is 34.7 Å². The zero-order valence-corrected chi connectivity index (χ0v) is 18.2. The standard InChI is InChI=1S/C22H24N4OS2/c1-3-25-21(17-9-5-4-6-10-17)23-24-22(25)28-15-20(27)26-14-13-16(2)29-19-12-8-7-11-18(19)26/h4-12,16H,3,13-15H2,1-2H3. The van der Waals surface area contributed by atoms with Crippen molar-refractivity contribution in [3.05, 3.63) is 54.6 Å². The van der Waals surface area contributed by atoms with Crippen LogP contribution in [0, 0.1) is 0 Å². The van der Waals surface area contributed by atoms with Crippen LogP contribution in [-0.2, 0) is 11.3 Å². The van der Waals surface area contributed by atoms with Crippen molar-refractivity contribution in [1.29, 1.82) is 0 Å². The zero-order valence-electron chi connectivity index (χ0n) is 16.6. The number of nitrogens with zero attached hydrogens (tertiary/aromatic N) is 4. The van der Waals surface area contributed by atoms with E-state index in [-0.39, 0.29) is 5.91 Å². The normalized spacial score (nSPS) is 16.3. The highest BCUT2D eigenvalue weighted by Crippen LogP contribution is 2.37. The SMILES string of the molecule is CCn1c(SCC(=O)N2CCC(C)Sc3ccccc32)nnc1-c1ccccc1. The Balaban J connectivity index is 1.51. The molecule has 0 N–H and O–H groups in total. The smallest absolute Gasteiger partial charge is 0.237 e. The first-order chi connectivity index (χ1) is 14.2. The van der Waals surface area contributed by atoms with Crippen LogP contribution in [0.3, 0.4) is 0 Å². The minimum Gasteiger partial charge on any atom is -0.311 e. The van der Waals surface area contributed by atoms with Gasteiger partial charge in [-0.1, -0.05) is 61.2 Å². The molecule has 1 aliphatic rings. The number of thioether (sulfide) groups is 2. The highest BCUT2D eigenvalue weighted by Gasteiger charge is 2.24. The summed E-state index contributed by atoms with van der Waals surface area (Å²) in [5, 5.41) is 10.0. The van der Waals surface area contributed by atoms with Crippen molar-refractivity contribution in [3.63, 3.8) is 0 Å². The number of amides is 1. The van der Waals surface area contributed by atoms with Crippen LogP contribution >= 0.6 is 23.5 Å². The van der Waals surface area contributed by atoms with Crippen LogP contribution in [0.15, 0.2) is 64.6 Å². The van der Waals surface area contributed by atoms with Crippen LogP contribution in [0.2, 0.25) is 0 Å². The van der Waals surface area contributed by atoms with Gasteiger partial charge in [0.05, 0.1) is 11.4 Å². The van der Waals surface area contributed by atoms with Gasteiger partial charge in [-0.3, -0.25) is 4.79 Å². The first-order valence-corrected chi connectivity index (χ1v) is 11.7. The molecule has 1 aromatic heterocycles. The van der Waals surface area contributed by atoms with Gasteiger partial charge in [-0.25, -0.2) is 0 Å². The van der Waals surface area contributed by atoms with E-state index in [9.17, 15) is 4.79 Å². The second kappa shape index (κ2) is 9.05. The van der Waals surface area contributed by atoms with Gasteiger partial charge in [0.1, 0.15) is 0 Å². The summed E-state index contributed by atoms with van der Waals surface area (Å²) >= 11 is 3.31. The Morgan fingerprint density at radius 1 is 1.14 bits per heavy atom. The van der Waals surface area contributed by atoms with Gasteiger partial charge in [-0.2, -0.15) is 0 Å². The molecular formula is C22H24N4OS2. The summed E-state index contributed by atoms with van der Waals surface area (Å²) in [5.41, 5.74) is 2.06. The van der Waals surface area contributed by atoms with E-state index >= 15 is 0 Å². The summed E-state index contributed by atoms with van der Waals surface area (Å²) in [6.07, 6.45) is 0.985. The van der Waals surface area contributed by atoms with Gasteiger partial charge in [0.15, 0.2) is 11.0 Å². The van der Waals surface area contributed by atoms with Gasteiger partial charge in [0.2, 0.25) is 5.91 Å². The molecule has 2 aromatic carbocycles. The molecule has 4 rings (SSSR count). The highest BCUT2D eigenvalue weighted by atomic mass is 32.2. The van der Waals surface area contributed by atoms with Crippen LogP contribution in [0.1, 0.15) is 20.3 Å². The average Bonchev–Trinajstić information content (AvgIpc) is 3.08. The van der Waals surface area contributed by atoms with Crippen molar-refractivity contribution in [2.24, 2.45) is 0 Å². The Morgan fingerprint density at radius 3 is 2.69 bits per heavy atom. The number of aromatic nitrogens is 3. The summed E-state index contributed by atoms with van der Waals surface area (Å²) in [6, 6.07) is 18.2. The molecule has 0 bridgehead atoms. The highest BCUT2D eigenvalue weighted by molar-refractivity contribution is 8.00. The second-order valence-electron chi connectivity index (χ2n) is 6.94. The fourth-order valence-corrected chi connectivity index (χ4v) is 5.42. The predicted molar refractivity (Wildman–Crippen MR) is 121 cm³/mol. The predicted octanol–water partition coefficient (Wildman–Crippen LogP) is 4.97. The van der Waals surface area contributed by atoms with E-state index in [0.717, 1.165) is 41.7 Å². The van der Waals surface area contributed by atoms with Crippen LogP contribution in [-0.4, -0.2) is 38.2 Å². The number of carbonyl (C=O) groups excluding carboxylic acids is 1. The van der Waals surface area contributed by atoms with Gasteiger partial charge >= 0.3 is 0 Å². The molecule has 150 valence electrons. The lowest BCUT2D eigenvalue weighted by molar-refractivity contribution is -0.116. The zero-order chi connectivity index (χ0) is 20.2. The quantitative estimate of drug-likeness (QED) is 0.541. The van der Waals surface area contributed by atoms with Crippen LogP contribution in [0.25, 0.3) is 11.4 Å². The van der Waals surface area contributed by atoms with Crippen molar-refractivity contribution < 1.29 is 4.79 Å². The summed E-state index contributed by atoms with van der Waals surface area (Å²) < 4.78 is 2.07. The minimum atomic E-state index is 0.115. The molecule has 0 saturated heterocycles. The molecule has 7 heteroatoms. The molecule has 2 heterocycles. The summed E-state index contributed by atoms with van der Waals surface area (Å²) in [7, 11) is 0. The van der Waals surface area contributed by atoms with Crippen molar-refractivity contribution in [2.45, 2.75) is 42.1 Å². The minimum absolute atomic E-state index is 0.115. The Hall–Kier alpha value is -2.25. The summed E-state index contributed by atoms with van der Waals surface area (Å²) in [5.74, 6) is 1.30. The Bertz CT molecular complexity index is 989. The maximum Gasteiger partial charge on any atom is 0.237 e. The Kier molecular flexibility index (Phi) is 6.25. The average molecular weight is 425 g/mol. The number of benzene rings is 2. The molecule has 0 saturated carbocycles. The number of hydrogen-bond acceptors (Lipinski definition) is 5. The fourth-order valence-electron chi connectivity index (χ4n) is 3.43. The summed E-state index contributed by atoms with van der Waals surface area (Å²) in [6.45, 7) is 5.80. The fraction of sp³-hybridized carbons (Fsp3) is 0.318. The molecule has 3 aromatic rings. The molecule has 1 aliphatic heterocycles. The third-order valence-corrected chi connectivity index (χ3v) is 7.12. The number of para-hydroxylation sites is 1. The van der Waals surface area contributed by atoms with Crippen molar-refractivity contribution >= 4 is 35.1 Å². The van der Waals surface area contributed by atoms with E-state index in [1.807, 2.05) is 65.2 Å². The third-order valence-electron chi connectivity index (χ3n) is 4.93. The molecular weight excluding hydrogens is 400 g/mol. The van der Waals surface area contributed by atoms with Gasteiger partial charge in [0.25, 0.3) is 0 Å². The number of anilines is 1. The maximum atomic E-state index is 13.1. The third kappa shape index (κ3) is 4.36. The van der Waals surface area contributed by atoms with Crippen molar-refractivity contribution in [3.8, 4) is 11.4 Å². The first-order valence-electron chi connectivity index (χ1n) is 9.85. The lowest BCUT2D eigenvalue weighted by Gasteiger charge is -2.22. The maximum absolute atomic E-state index is 13.1. The van der Waals surface area contributed by atoms with Crippen LogP contribution in [0.5, 0.6) is 0 Å². The molecule has 5 nitrogen and oxygen atoms in total. The number of rotatable bonds is 5. The lowest BCUT2D eigenvalue weighted by Crippen LogP contribution is -2.33. The van der Waals surface area contributed by atoms with Gasteiger partial charge in [-0.15, -0.1) is 22.0 Å². The Morgan fingerprint density at radius 2 is 1.90 bits per heavy atom. The number of fused-ring (bicyclic) bond motifs is 1. The summed E-state index contributed by atoms with van der Waals surface area (Å²) in [4.78, 5) is 16.2. The van der Waals surface area contributed by atoms with E-state index in [1.165, 1.54) is 16.7 Å². The molecule has 1 unspecified atom stereocenters. The van der Waals surface area contributed by atoms with Gasteiger partial charge < -0.3 is 9.47 Å². The largest absolute Gasteiger partial charge is 0.311 e. The van der Waals surface area contributed by atoms with Gasteiger partial charge in [0, 0.05) is 28.8 Å². The van der Waals surface area contributed by atoms with Gasteiger partial charge in [-0.05, 0) is 25.5 Å². The molecule has 29 heavy (non-hydrogen) atoms. The first kappa shape index (κ1) is 20.0. The van der Waals surface area contributed by atoms with Crippen molar-refractivity contribution in [2.75, 3.05) is 17.2 Å². The molecule has 1 amide bonds. The monoisotopic (exact) mass is 424 g/mol. The Labute approximate surface area is 179 Å². The molecule has 0 spiro atoms. The van der Waals surface area contributed by atoms with E-state index in [1.54, 1.807) is 0 Å². The molecule has 1 atom stereocenters. The van der Waals surface area contributed by atoms with Crippen LogP contribution < -0.4 is 4.90 Å². The molecule has 0 fully saturated rings. The second-order valence-corrected chi connectivity index (χ2v) is 9.36. The molecule has 0 aliphatic carbocycles. The topological polar surface area (TPSA) is 51.0 Å². The van der Waals surface area contributed by atoms with E-state index in [4.69, 9.17) is 0 Å². The number of carbonyl (C=O) groups is 1. The van der Waals surface area contributed by atoms with Crippen molar-refractivity contribution in [1.82, 2.24) is 14.8 Å².